The van der Waals surface area contributed by atoms with Crippen LogP contribution in [-0.2, 0) is 19.0 Å². The van der Waals surface area contributed by atoms with E-state index in [4.69, 9.17) is 12.6 Å². The van der Waals surface area contributed by atoms with Gasteiger partial charge in [-0.3, -0.25) is 9.36 Å². The second kappa shape index (κ2) is 5.78. The maximum atomic E-state index is 12.9. The predicted molar refractivity (Wildman–Crippen MR) is 86.8 cm³/mol. The smallest absolute Gasteiger partial charge is 0.292 e. The third-order valence-corrected chi connectivity index (χ3v) is 4.67. The van der Waals surface area contributed by atoms with Gasteiger partial charge in [0.1, 0.15) is 5.69 Å². The lowest BCUT2D eigenvalue weighted by Crippen LogP contribution is -2.40. The van der Waals surface area contributed by atoms with Gasteiger partial charge in [0.15, 0.2) is 0 Å². The van der Waals surface area contributed by atoms with Crippen LogP contribution >= 0.6 is 24.2 Å². The van der Waals surface area contributed by atoms with Crippen LogP contribution in [0.15, 0.2) is 33.9 Å². The molecule has 1 aromatic carbocycles. The second-order valence-corrected chi connectivity index (χ2v) is 6.09. The molecule has 0 spiro atoms. The van der Waals surface area contributed by atoms with E-state index in [1.807, 2.05) is 0 Å². The van der Waals surface area contributed by atoms with Crippen molar-refractivity contribution in [2.75, 3.05) is 0 Å². The molecule has 5 nitrogen and oxygen atoms in total. The Labute approximate surface area is 142 Å². The van der Waals surface area contributed by atoms with Crippen molar-refractivity contribution < 1.29 is 13.2 Å². The monoisotopic (exact) mass is 372 g/mol. The topological polar surface area (TPSA) is 56.9 Å². The Bertz CT molecular complexity index is 1050. The molecule has 0 bridgehead atoms. The molecular weight excluding hydrogens is 363 g/mol. The maximum absolute atomic E-state index is 12.9. The lowest BCUT2D eigenvalue weighted by atomic mass is 10.2. The number of fused-ring (bicyclic) bond motifs is 1. The molecule has 0 amide bonds. The summed E-state index contributed by atoms with van der Waals surface area (Å²) in [6, 6.07) is 5.09. The minimum Gasteiger partial charge on any atom is -0.292 e. The van der Waals surface area contributed by atoms with Crippen molar-refractivity contribution in [1.29, 1.82) is 0 Å². The molecule has 0 saturated heterocycles. The third kappa shape index (κ3) is 2.65. The van der Waals surface area contributed by atoms with Crippen molar-refractivity contribution in [2.24, 2.45) is 7.05 Å². The zero-order chi connectivity index (χ0) is 17.6. The summed E-state index contributed by atoms with van der Waals surface area (Å²) in [7, 11) is 0.973. The first-order chi connectivity index (χ1) is 11.2. The van der Waals surface area contributed by atoms with Crippen LogP contribution in [0.25, 0.3) is 15.8 Å². The lowest BCUT2D eigenvalue weighted by Gasteiger charge is -2.14. The van der Waals surface area contributed by atoms with Crippen molar-refractivity contribution in [3.05, 3.63) is 56.5 Å². The molecule has 24 heavy (non-hydrogen) atoms. The molecule has 0 saturated carbocycles. The molecule has 3 aromatic rings. The summed E-state index contributed by atoms with van der Waals surface area (Å²) < 4.78 is 44.7. The molecule has 0 atom stereocenters. The molecule has 0 fully saturated rings. The van der Waals surface area contributed by atoms with Crippen LogP contribution in [0.1, 0.15) is 11.4 Å². The van der Waals surface area contributed by atoms with Gasteiger partial charge in [-0.2, -0.15) is 17.5 Å². The quantitative estimate of drug-likeness (QED) is 0.695. The van der Waals surface area contributed by atoms with Gasteiger partial charge >= 0.3 is 11.9 Å². The summed E-state index contributed by atoms with van der Waals surface area (Å²) in [4.78, 5) is 24.4. The van der Waals surface area contributed by atoms with Gasteiger partial charge in [0.25, 0.3) is 5.56 Å². The number of hydrogen-bond donors (Lipinski definition) is 0. The van der Waals surface area contributed by atoms with Gasteiger partial charge in [0.2, 0.25) is 0 Å². The van der Waals surface area contributed by atoms with E-state index in [0.29, 0.717) is 26.3 Å². The van der Waals surface area contributed by atoms with E-state index in [-0.39, 0.29) is 11.4 Å². The molecule has 0 aliphatic rings. The first-order valence-electron chi connectivity index (χ1n) is 6.61. The van der Waals surface area contributed by atoms with E-state index in [1.54, 1.807) is 6.07 Å². The fourth-order valence-corrected chi connectivity index (χ4v) is 3.43. The first kappa shape index (κ1) is 16.8. The highest BCUT2D eigenvalue weighted by Gasteiger charge is 2.35. The predicted octanol–water partition coefficient (Wildman–Crippen LogP) is 2.86. The Morgan fingerprint density at radius 3 is 2.58 bits per heavy atom. The van der Waals surface area contributed by atoms with E-state index >= 15 is 0 Å². The summed E-state index contributed by atoms with van der Waals surface area (Å²) in [6.45, 7) is 0. The van der Waals surface area contributed by atoms with Crippen LogP contribution in [0.4, 0.5) is 13.2 Å². The van der Waals surface area contributed by atoms with Crippen molar-refractivity contribution in [3.63, 3.8) is 0 Å². The van der Waals surface area contributed by atoms with Gasteiger partial charge in [-0.05, 0) is 29.7 Å². The zero-order valence-corrected chi connectivity index (χ0v) is 13.8. The van der Waals surface area contributed by atoms with Crippen molar-refractivity contribution >= 4 is 34.2 Å². The Morgan fingerprint density at radius 2 is 1.96 bits per heavy atom. The van der Waals surface area contributed by atoms with Crippen molar-refractivity contribution in [1.82, 2.24) is 13.5 Å². The molecule has 0 aliphatic heterocycles. The molecule has 0 N–H and O–H groups in total. The standard InChI is InChI=1S/C14H9F3N3O2S2/c1-19-11(14(15,16)17)5-12(21)20(13(19)22)7-2-3-10-8(4-7)9(6-23)18-24-10/h2-5H,6H2,1H3. The fourth-order valence-electron chi connectivity index (χ4n) is 2.36. The number of aromatic nitrogens is 3. The van der Waals surface area contributed by atoms with Crippen LogP contribution in [0.2, 0.25) is 0 Å². The molecule has 2 aromatic heterocycles. The summed E-state index contributed by atoms with van der Waals surface area (Å²) in [5.41, 5.74) is -2.61. The van der Waals surface area contributed by atoms with Crippen LogP contribution in [0, 0.1) is 0 Å². The van der Waals surface area contributed by atoms with Gasteiger partial charge in [0, 0.05) is 24.3 Å². The Hall–Kier alpha value is -2.07. The highest BCUT2D eigenvalue weighted by atomic mass is 32.1. The summed E-state index contributed by atoms with van der Waals surface area (Å²) in [5, 5.41) is 0.682. The SMILES string of the molecule is Cn1c(C(F)(F)F)cc(=O)n(-c2ccc3snc(C[S])c3c2)c1=O. The molecule has 1 radical (unpaired) electrons. The van der Waals surface area contributed by atoms with Crippen LogP contribution in [0.5, 0.6) is 0 Å². The number of hydrogen-bond acceptors (Lipinski definition) is 4. The normalized spacial score (nSPS) is 12.0. The Balaban J connectivity index is 2.29. The molecule has 10 heteroatoms. The van der Waals surface area contributed by atoms with Crippen LogP contribution < -0.4 is 11.2 Å². The molecule has 3 rings (SSSR count). The van der Waals surface area contributed by atoms with E-state index < -0.39 is 23.1 Å². The average Bonchev–Trinajstić information content (AvgIpc) is 2.92. The van der Waals surface area contributed by atoms with Crippen molar-refractivity contribution in [3.8, 4) is 5.69 Å². The molecule has 125 valence electrons. The minimum absolute atomic E-state index is 0.173. The number of alkyl halides is 3. The van der Waals surface area contributed by atoms with E-state index in [1.165, 1.54) is 23.7 Å². The van der Waals surface area contributed by atoms with Gasteiger partial charge < -0.3 is 0 Å². The maximum Gasteiger partial charge on any atom is 0.431 e. The highest BCUT2D eigenvalue weighted by Crippen LogP contribution is 2.28. The summed E-state index contributed by atoms with van der Waals surface area (Å²) in [5.74, 6) is 0.253. The van der Waals surface area contributed by atoms with Crippen LogP contribution in [0.3, 0.4) is 0 Å². The number of rotatable bonds is 2. The third-order valence-electron chi connectivity index (χ3n) is 3.53. The summed E-state index contributed by atoms with van der Waals surface area (Å²) in [6.07, 6.45) is -4.79. The molecule has 0 aliphatic carbocycles. The second-order valence-electron chi connectivity index (χ2n) is 5.00. The van der Waals surface area contributed by atoms with Gasteiger partial charge in [-0.25, -0.2) is 9.36 Å². The number of benzene rings is 1. The zero-order valence-electron chi connectivity index (χ0n) is 12.1. The van der Waals surface area contributed by atoms with Crippen LogP contribution in [-0.4, -0.2) is 13.5 Å². The highest BCUT2D eigenvalue weighted by molar-refractivity contribution is 7.79. The van der Waals surface area contributed by atoms with E-state index in [9.17, 15) is 22.8 Å². The lowest BCUT2D eigenvalue weighted by molar-refractivity contribution is -0.144. The largest absolute Gasteiger partial charge is 0.431 e. The van der Waals surface area contributed by atoms with Gasteiger partial charge in [-0.15, -0.1) is 0 Å². The van der Waals surface area contributed by atoms with Gasteiger partial charge in [0.05, 0.1) is 16.1 Å². The Morgan fingerprint density at radius 1 is 1.25 bits per heavy atom. The first-order valence-corrected chi connectivity index (χ1v) is 7.96. The number of nitrogens with zero attached hydrogens (tertiary/aromatic N) is 3. The average molecular weight is 372 g/mol. The molecule has 0 unspecified atom stereocenters. The molecular formula is C14H9F3N3O2S2. The van der Waals surface area contributed by atoms with Crippen molar-refractivity contribution in [2.45, 2.75) is 11.9 Å². The molecule has 2 heterocycles. The minimum atomic E-state index is -4.79. The van der Waals surface area contributed by atoms with E-state index in [0.717, 1.165) is 11.7 Å². The van der Waals surface area contributed by atoms with E-state index in [2.05, 4.69) is 4.37 Å². The van der Waals surface area contributed by atoms with Gasteiger partial charge in [-0.1, -0.05) is 12.6 Å². The number of halogens is 3. The Kier molecular flexibility index (Phi) is 4.04. The summed E-state index contributed by atoms with van der Waals surface area (Å²) >= 11 is 6.20. The fraction of sp³-hybridized carbons (Fsp3) is 0.214.